The van der Waals surface area contributed by atoms with E-state index in [1.807, 2.05) is 0 Å². The fourth-order valence-corrected chi connectivity index (χ4v) is 1.81. The van der Waals surface area contributed by atoms with E-state index < -0.39 is 10.8 Å². The molecule has 0 spiro atoms. The first-order valence-corrected chi connectivity index (χ1v) is 4.33. The molecule has 1 aromatic carbocycles. The number of benzene rings is 1. The largest absolute Gasteiger partial charge is 0.399 e. The topological polar surface area (TPSA) is 55.4 Å². The lowest BCUT2D eigenvalue weighted by Gasteiger charge is -1.95. The van der Waals surface area contributed by atoms with E-state index in [0.717, 1.165) is 10.6 Å². The average molecular weight is 166 g/mol. The molecule has 4 heteroatoms. The molecule has 0 amide bonds. The first kappa shape index (κ1) is 6.54. The van der Waals surface area contributed by atoms with Gasteiger partial charge in [0.15, 0.2) is 0 Å². The van der Waals surface area contributed by atoms with Crippen molar-refractivity contribution in [3.63, 3.8) is 0 Å². The van der Waals surface area contributed by atoms with Crippen molar-refractivity contribution in [2.45, 2.75) is 4.90 Å². The van der Waals surface area contributed by atoms with Crippen LogP contribution in [0.5, 0.6) is 0 Å². The van der Waals surface area contributed by atoms with Crippen LogP contribution in [-0.2, 0) is 10.8 Å². The molecule has 0 saturated heterocycles. The Hall–Kier alpha value is -1.16. The summed E-state index contributed by atoms with van der Waals surface area (Å²) in [5.41, 5.74) is 8.30. The Labute approximate surface area is 66.4 Å². The number of nitrogens with zero attached hydrogens (tertiary/aromatic N) is 1. The molecule has 2 N–H and O–H groups in total. The van der Waals surface area contributed by atoms with Crippen LogP contribution in [0.3, 0.4) is 0 Å². The van der Waals surface area contributed by atoms with Crippen LogP contribution in [0, 0.1) is 0 Å². The predicted molar refractivity (Wildman–Crippen MR) is 45.4 cm³/mol. The van der Waals surface area contributed by atoms with Gasteiger partial charge in [-0.2, -0.15) is 0 Å². The number of rotatable bonds is 0. The van der Waals surface area contributed by atoms with Crippen LogP contribution < -0.4 is 5.73 Å². The minimum atomic E-state index is -1.05. The standard InChI is InChI=1S/C7H6N2OS/c8-5-1-2-7-6(3-5)9-4-11(7)10/h1-4H,8H2. The zero-order valence-electron chi connectivity index (χ0n) is 5.65. The van der Waals surface area contributed by atoms with Gasteiger partial charge in [0.05, 0.1) is 26.9 Å². The highest BCUT2D eigenvalue weighted by Crippen LogP contribution is 2.28. The molecule has 1 heterocycles. The molecule has 1 aliphatic heterocycles. The Morgan fingerprint density at radius 2 is 2.27 bits per heavy atom. The van der Waals surface area contributed by atoms with Gasteiger partial charge in [-0.05, 0) is 18.2 Å². The predicted octanol–water partition coefficient (Wildman–Crippen LogP) is 1.05. The molecule has 0 aromatic heterocycles. The lowest BCUT2D eigenvalue weighted by Crippen LogP contribution is -1.87. The molecular formula is C7H6N2OS. The van der Waals surface area contributed by atoms with Crippen LogP contribution >= 0.6 is 0 Å². The molecule has 1 aliphatic rings. The van der Waals surface area contributed by atoms with Crippen molar-refractivity contribution < 1.29 is 4.21 Å². The van der Waals surface area contributed by atoms with Crippen LogP contribution in [0.1, 0.15) is 0 Å². The highest BCUT2D eigenvalue weighted by molar-refractivity contribution is 7.99. The van der Waals surface area contributed by atoms with E-state index >= 15 is 0 Å². The van der Waals surface area contributed by atoms with E-state index in [2.05, 4.69) is 4.99 Å². The number of nitrogens with two attached hydrogens (primary N) is 1. The maximum absolute atomic E-state index is 11.1. The molecule has 1 aromatic rings. The number of anilines is 1. The Kier molecular flexibility index (Phi) is 1.29. The maximum Gasteiger partial charge on any atom is 0.0984 e. The molecule has 11 heavy (non-hydrogen) atoms. The van der Waals surface area contributed by atoms with E-state index in [1.54, 1.807) is 18.2 Å². The first-order valence-electron chi connectivity index (χ1n) is 3.12. The minimum Gasteiger partial charge on any atom is -0.399 e. The second-order valence-electron chi connectivity index (χ2n) is 2.26. The van der Waals surface area contributed by atoms with Crippen molar-refractivity contribution in [2.75, 3.05) is 5.73 Å². The Bertz CT molecular complexity index is 359. The zero-order valence-corrected chi connectivity index (χ0v) is 6.47. The quantitative estimate of drug-likeness (QED) is 0.586. The van der Waals surface area contributed by atoms with Crippen LogP contribution in [0.15, 0.2) is 28.1 Å². The van der Waals surface area contributed by atoms with Crippen LogP contribution in [0.2, 0.25) is 0 Å². The molecular weight excluding hydrogens is 160 g/mol. The summed E-state index contributed by atoms with van der Waals surface area (Å²) >= 11 is 0. The smallest absolute Gasteiger partial charge is 0.0984 e. The Balaban J connectivity index is 2.66. The van der Waals surface area contributed by atoms with E-state index in [1.165, 1.54) is 5.55 Å². The third-order valence-corrected chi connectivity index (χ3v) is 2.56. The number of nitrogen functional groups attached to an aromatic ring is 1. The van der Waals surface area contributed by atoms with Gasteiger partial charge in [0, 0.05) is 5.69 Å². The average Bonchev–Trinajstić information content (AvgIpc) is 2.32. The van der Waals surface area contributed by atoms with Crippen molar-refractivity contribution in [3.05, 3.63) is 18.2 Å². The molecule has 1 atom stereocenters. The normalized spacial score (nSPS) is 20.2. The maximum atomic E-state index is 11.1. The van der Waals surface area contributed by atoms with Gasteiger partial charge in [0.1, 0.15) is 0 Å². The Morgan fingerprint density at radius 3 is 3.09 bits per heavy atom. The van der Waals surface area contributed by atoms with Gasteiger partial charge < -0.3 is 5.73 Å². The monoisotopic (exact) mass is 166 g/mol. The highest BCUT2D eigenvalue weighted by Gasteiger charge is 2.12. The summed E-state index contributed by atoms with van der Waals surface area (Å²) in [4.78, 5) is 4.69. The summed E-state index contributed by atoms with van der Waals surface area (Å²) in [6.45, 7) is 0. The number of hydrogen-bond acceptors (Lipinski definition) is 3. The molecule has 0 fully saturated rings. The summed E-state index contributed by atoms with van der Waals surface area (Å²) in [7, 11) is -1.05. The molecule has 56 valence electrons. The molecule has 0 bridgehead atoms. The van der Waals surface area contributed by atoms with Crippen LogP contribution in [0.4, 0.5) is 11.4 Å². The van der Waals surface area contributed by atoms with Crippen LogP contribution in [-0.4, -0.2) is 9.76 Å². The van der Waals surface area contributed by atoms with Crippen molar-refractivity contribution >= 4 is 27.7 Å². The van der Waals surface area contributed by atoms with Gasteiger partial charge in [-0.1, -0.05) is 0 Å². The summed E-state index contributed by atoms with van der Waals surface area (Å²) in [6, 6.07) is 5.19. The van der Waals surface area contributed by atoms with Gasteiger partial charge in [0.25, 0.3) is 0 Å². The summed E-state index contributed by atoms with van der Waals surface area (Å²) in [5, 5.41) is 0. The van der Waals surface area contributed by atoms with Gasteiger partial charge in [-0.15, -0.1) is 0 Å². The minimum absolute atomic E-state index is 0.653. The third kappa shape index (κ3) is 0.952. The third-order valence-electron chi connectivity index (χ3n) is 1.49. The van der Waals surface area contributed by atoms with Gasteiger partial charge in [-0.3, -0.25) is 0 Å². The van der Waals surface area contributed by atoms with Gasteiger partial charge >= 0.3 is 0 Å². The van der Waals surface area contributed by atoms with Crippen molar-refractivity contribution in [1.82, 2.24) is 0 Å². The zero-order chi connectivity index (χ0) is 7.84. The molecule has 1 unspecified atom stereocenters. The van der Waals surface area contributed by atoms with E-state index in [0.29, 0.717) is 5.69 Å². The van der Waals surface area contributed by atoms with Gasteiger partial charge in [-0.25, -0.2) is 9.20 Å². The van der Waals surface area contributed by atoms with Crippen molar-refractivity contribution in [3.8, 4) is 0 Å². The second kappa shape index (κ2) is 2.17. The number of fused-ring (bicyclic) bond motifs is 1. The molecule has 0 saturated carbocycles. The van der Waals surface area contributed by atoms with E-state index in [9.17, 15) is 4.21 Å². The number of hydrogen-bond donors (Lipinski definition) is 1. The lowest BCUT2D eigenvalue weighted by atomic mass is 10.3. The Morgan fingerprint density at radius 1 is 1.45 bits per heavy atom. The molecule has 2 rings (SSSR count). The summed E-state index contributed by atoms with van der Waals surface area (Å²) in [5.74, 6) is 0. The van der Waals surface area contributed by atoms with Crippen molar-refractivity contribution in [2.24, 2.45) is 4.99 Å². The highest BCUT2D eigenvalue weighted by atomic mass is 32.2. The summed E-state index contributed by atoms with van der Waals surface area (Å²) in [6.07, 6.45) is 0. The molecule has 0 aliphatic carbocycles. The first-order chi connectivity index (χ1) is 5.27. The lowest BCUT2D eigenvalue weighted by molar-refractivity contribution is 0.691. The molecule has 0 radical (unpaired) electrons. The molecule has 3 nitrogen and oxygen atoms in total. The SMILES string of the molecule is Nc1ccc2c(c1)N=CS2=O. The van der Waals surface area contributed by atoms with Crippen LogP contribution in [0.25, 0.3) is 0 Å². The van der Waals surface area contributed by atoms with E-state index in [4.69, 9.17) is 5.73 Å². The van der Waals surface area contributed by atoms with E-state index in [-0.39, 0.29) is 0 Å². The second-order valence-corrected chi connectivity index (χ2v) is 3.50. The fourth-order valence-electron chi connectivity index (χ4n) is 0.967. The summed E-state index contributed by atoms with van der Waals surface area (Å²) < 4.78 is 11.1. The van der Waals surface area contributed by atoms with Crippen molar-refractivity contribution in [1.29, 1.82) is 0 Å². The number of aliphatic imine (C=N–C) groups is 1. The van der Waals surface area contributed by atoms with Gasteiger partial charge in [0.2, 0.25) is 0 Å². The fraction of sp³-hybridized carbons (Fsp3) is 0.